The maximum absolute atomic E-state index is 13.2. The van der Waals surface area contributed by atoms with Gasteiger partial charge >= 0.3 is 24.0 Å². The highest BCUT2D eigenvalue weighted by Gasteiger charge is 2.73. The first-order valence-corrected chi connectivity index (χ1v) is 6.25. The van der Waals surface area contributed by atoms with E-state index in [-0.39, 0.29) is 18.9 Å². The van der Waals surface area contributed by atoms with Crippen LogP contribution in [0, 0.1) is 11.8 Å². The smallest absolute Gasteiger partial charge is 0.459 e. The van der Waals surface area contributed by atoms with Crippen LogP contribution in [0.15, 0.2) is 0 Å². The summed E-state index contributed by atoms with van der Waals surface area (Å²) >= 11 is 0. The van der Waals surface area contributed by atoms with Crippen molar-refractivity contribution in [2.45, 2.75) is 51.6 Å². The zero-order chi connectivity index (χ0) is 17.1. The molecule has 0 aromatic heterocycles. The van der Waals surface area contributed by atoms with Crippen LogP contribution in [0.1, 0.15) is 33.6 Å². The van der Waals surface area contributed by atoms with Crippen LogP contribution in [-0.2, 0) is 9.53 Å². The Bertz CT molecular complexity index is 350. The Morgan fingerprint density at radius 3 is 1.86 bits per heavy atom. The number of hydrogen-bond donors (Lipinski definition) is 0. The van der Waals surface area contributed by atoms with Crippen molar-refractivity contribution < 1.29 is 40.3 Å². The molecule has 0 spiro atoms. The molecule has 0 N–H and O–H groups in total. The average molecular weight is 326 g/mol. The van der Waals surface area contributed by atoms with Gasteiger partial charge < -0.3 is 4.74 Å². The van der Waals surface area contributed by atoms with Gasteiger partial charge in [0.2, 0.25) is 0 Å². The van der Waals surface area contributed by atoms with Gasteiger partial charge in [-0.2, -0.15) is 30.7 Å². The van der Waals surface area contributed by atoms with Crippen molar-refractivity contribution in [1.29, 1.82) is 0 Å². The number of rotatable bonds is 7. The van der Waals surface area contributed by atoms with Crippen LogP contribution < -0.4 is 0 Å². The molecule has 0 saturated heterocycles. The maximum Gasteiger partial charge on any atom is 0.459 e. The fourth-order valence-corrected chi connectivity index (χ4v) is 1.41. The summed E-state index contributed by atoms with van der Waals surface area (Å²) in [6.07, 6.45) is -8.65. The van der Waals surface area contributed by atoms with Crippen LogP contribution in [0.5, 0.6) is 0 Å². The Morgan fingerprint density at radius 1 is 1.05 bits per heavy atom. The summed E-state index contributed by atoms with van der Waals surface area (Å²) < 4.78 is 92.5. The van der Waals surface area contributed by atoms with Crippen molar-refractivity contribution in [3.63, 3.8) is 0 Å². The number of ether oxygens (including phenoxy) is 1. The van der Waals surface area contributed by atoms with Gasteiger partial charge in [0.15, 0.2) is 0 Å². The van der Waals surface area contributed by atoms with Crippen LogP contribution in [0.3, 0.4) is 0 Å². The average Bonchev–Trinajstić information content (AvgIpc) is 2.31. The standard InChI is InChI=1S/C12H17F7O2/c1-4-8(9(20)21-6-7(2)3)5-10(13,14)11(15,16)12(17,18)19/h7-8H,4-6H2,1-3H3. The highest BCUT2D eigenvalue weighted by atomic mass is 19.4. The quantitative estimate of drug-likeness (QED) is 0.511. The van der Waals surface area contributed by atoms with Crippen molar-refractivity contribution in [1.82, 2.24) is 0 Å². The summed E-state index contributed by atoms with van der Waals surface area (Å²) in [5.41, 5.74) is 0. The lowest BCUT2D eigenvalue weighted by Gasteiger charge is -2.30. The fourth-order valence-electron chi connectivity index (χ4n) is 1.41. The van der Waals surface area contributed by atoms with Crippen LogP contribution in [0.4, 0.5) is 30.7 Å². The third-order valence-electron chi connectivity index (χ3n) is 2.70. The fraction of sp³-hybridized carbons (Fsp3) is 0.917. The molecule has 0 heterocycles. The third kappa shape index (κ3) is 5.03. The predicted octanol–water partition coefficient (Wildman–Crippen LogP) is 4.43. The molecule has 0 bridgehead atoms. The lowest BCUT2D eigenvalue weighted by atomic mass is 9.94. The summed E-state index contributed by atoms with van der Waals surface area (Å²) in [6, 6.07) is 0. The van der Waals surface area contributed by atoms with E-state index in [0.29, 0.717) is 0 Å². The van der Waals surface area contributed by atoms with Crippen LogP contribution in [0.2, 0.25) is 0 Å². The normalized spacial score (nSPS) is 15.2. The van der Waals surface area contributed by atoms with E-state index >= 15 is 0 Å². The molecule has 0 aromatic carbocycles. The molecule has 0 aliphatic rings. The molecule has 0 rings (SSSR count). The number of halogens is 7. The number of hydrogen-bond acceptors (Lipinski definition) is 2. The predicted molar refractivity (Wildman–Crippen MR) is 60.1 cm³/mol. The minimum absolute atomic E-state index is 0.122. The molecule has 9 heteroatoms. The van der Waals surface area contributed by atoms with Crippen LogP contribution in [-0.4, -0.2) is 30.6 Å². The second kappa shape index (κ2) is 6.83. The summed E-state index contributed by atoms with van der Waals surface area (Å²) in [5.74, 6) is -14.6. The van der Waals surface area contributed by atoms with Crippen LogP contribution in [0.25, 0.3) is 0 Å². The van der Waals surface area contributed by atoms with Gasteiger partial charge in [-0.15, -0.1) is 0 Å². The zero-order valence-corrected chi connectivity index (χ0v) is 11.7. The molecule has 0 saturated carbocycles. The molecule has 21 heavy (non-hydrogen) atoms. The van der Waals surface area contributed by atoms with E-state index in [1.54, 1.807) is 13.8 Å². The highest BCUT2D eigenvalue weighted by molar-refractivity contribution is 5.72. The van der Waals surface area contributed by atoms with Gasteiger partial charge in [-0.3, -0.25) is 4.79 Å². The van der Waals surface area contributed by atoms with Crippen molar-refractivity contribution in [3.8, 4) is 0 Å². The van der Waals surface area contributed by atoms with E-state index in [4.69, 9.17) is 0 Å². The van der Waals surface area contributed by atoms with E-state index in [1.807, 2.05) is 0 Å². The molecule has 2 nitrogen and oxygen atoms in total. The van der Waals surface area contributed by atoms with Gasteiger partial charge in [0, 0.05) is 6.42 Å². The molecule has 0 aromatic rings. The first-order valence-electron chi connectivity index (χ1n) is 6.25. The van der Waals surface area contributed by atoms with Gasteiger partial charge in [-0.25, -0.2) is 0 Å². The van der Waals surface area contributed by atoms with Gasteiger partial charge in [-0.05, 0) is 12.3 Å². The third-order valence-corrected chi connectivity index (χ3v) is 2.70. The Hall–Kier alpha value is -1.02. The van der Waals surface area contributed by atoms with Gasteiger partial charge in [0.05, 0.1) is 12.5 Å². The SMILES string of the molecule is CCC(CC(F)(F)C(F)(F)C(F)(F)F)C(=O)OCC(C)C. The van der Waals surface area contributed by atoms with Crippen molar-refractivity contribution in [2.24, 2.45) is 11.8 Å². The molecule has 0 aliphatic carbocycles. The molecule has 0 fully saturated rings. The van der Waals surface area contributed by atoms with Gasteiger partial charge in [-0.1, -0.05) is 20.8 Å². The summed E-state index contributed by atoms with van der Waals surface area (Å²) in [5, 5.41) is 0. The van der Waals surface area contributed by atoms with Gasteiger partial charge in [0.1, 0.15) is 0 Å². The molecule has 0 radical (unpaired) electrons. The molecular formula is C12H17F7O2. The topological polar surface area (TPSA) is 26.3 Å². The van der Waals surface area contributed by atoms with E-state index in [1.165, 1.54) is 6.92 Å². The lowest BCUT2D eigenvalue weighted by Crippen LogP contribution is -2.53. The Balaban J connectivity index is 4.99. The largest absolute Gasteiger partial charge is 0.465 e. The molecular weight excluding hydrogens is 309 g/mol. The van der Waals surface area contributed by atoms with Gasteiger partial charge in [0.25, 0.3) is 0 Å². The van der Waals surface area contributed by atoms with E-state index in [0.717, 1.165) is 0 Å². The Kier molecular flexibility index (Phi) is 6.50. The Morgan fingerprint density at radius 2 is 1.52 bits per heavy atom. The Labute approximate surface area is 117 Å². The number of esters is 1. The number of alkyl halides is 7. The maximum atomic E-state index is 13.2. The minimum Gasteiger partial charge on any atom is -0.465 e. The van der Waals surface area contributed by atoms with E-state index in [2.05, 4.69) is 4.74 Å². The van der Waals surface area contributed by atoms with Crippen molar-refractivity contribution >= 4 is 5.97 Å². The second-order valence-corrected chi connectivity index (χ2v) is 5.11. The van der Waals surface area contributed by atoms with Crippen molar-refractivity contribution in [3.05, 3.63) is 0 Å². The number of carbonyl (C=O) groups excluding carboxylic acids is 1. The van der Waals surface area contributed by atoms with Crippen molar-refractivity contribution in [2.75, 3.05) is 6.61 Å². The molecule has 0 amide bonds. The molecule has 1 atom stereocenters. The van der Waals surface area contributed by atoms with E-state index in [9.17, 15) is 35.5 Å². The molecule has 0 aliphatic heterocycles. The first kappa shape index (κ1) is 20.0. The minimum atomic E-state index is -6.39. The number of carbonyl (C=O) groups is 1. The first-order chi connectivity index (χ1) is 9.26. The summed E-state index contributed by atoms with van der Waals surface area (Å²) in [6.45, 7) is 4.40. The summed E-state index contributed by atoms with van der Waals surface area (Å²) in [7, 11) is 0. The second-order valence-electron chi connectivity index (χ2n) is 5.11. The molecule has 1 unspecified atom stereocenters. The zero-order valence-electron chi connectivity index (χ0n) is 11.7. The molecule has 126 valence electrons. The lowest BCUT2D eigenvalue weighted by molar-refractivity contribution is -0.357. The monoisotopic (exact) mass is 326 g/mol. The van der Waals surface area contributed by atoms with Crippen LogP contribution >= 0.6 is 0 Å². The summed E-state index contributed by atoms with van der Waals surface area (Å²) in [4.78, 5) is 11.5. The highest BCUT2D eigenvalue weighted by Crippen LogP contribution is 2.49. The van der Waals surface area contributed by atoms with E-state index < -0.39 is 36.3 Å².